The Hall–Kier alpha value is -1.94. The molecule has 4 heteroatoms. The van der Waals surface area contributed by atoms with Gasteiger partial charge >= 0.3 is 0 Å². The molecule has 2 rings (SSSR count). The molecular formula is C16H17FN2S. The Bertz CT molecular complexity index is 623. The second-order valence-corrected chi connectivity index (χ2v) is 5.30. The van der Waals surface area contributed by atoms with E-state index in [9.17, 15) is 4.39 Å². The summed E-state index contributed by atoms with van der Waals surface area (Å²) in [4.78, 5) is 2.30. The molecule has 2 aromatic carbocycles. The molecule has 0 fully saturated rings. The minimum Gasteiger partial charge on any atom is -0.389 e. The first-order chi connectivity index (χ1) is 9.47. The van der Waals surface area contributed by atoms with Crippen molar-refractivity contribution in [3.05, 3.63) is 65.0 Å². The third kappa shape index (κ3) is 3.33. The first kappa shape index (κ1) is 14.5. The maximum atomic E-state index is 13.3. The van der Waals surface area contributed by atoms with Gasteiger partial charge in [0.1, 0.15) is 10.8 Å². The van der Waals surface area contributed by atoms with Gasteiger partial charge in [-0.3, -0.25) is 0 Å². The van der Waals surface area contributed by atoms with Crippen LogP contribution in [0.5, 0.6) is 0 Å². The Morgan fingerprint density at radius 2 is 1.85 bits per heavy atom. The minimum atomic E-state index is -0.325. The van der Waals surface area contributed by atoms with Gasteiger partial charge in [-0.1, -0.05) is 36.0 Å². The van der Waals surface area contributed by atoms with Gasteiger partial charge in [0.05, 0.1) is 0 Å². The molecule has 104 valence electrons. The minimum absolute atomic E-state index is 0.219. The topological polar surface area (TPSA) is 29.3 Å². The van der Waals surface area contributed by atoms with E-state index in [0.29, 0.717) is 12.1 Å². The summed E-state index contributed by atoms with van der Waals surface area (Å²) in [5.41, 5.74) is 9.49. The highest BCUT2D eigenvalue weighted by molar-refractivity contribution is 7.80. The van der Waals surface area contributed by atoms with E-state index in [1.54, 1.807) is 6.07 Å². The lowest BCUT2D eigenvalue weighted by atomic mass is 10.1. The summed E-state index contributed by atoms with van der Waals surface area (Å²) < 4.78 is 13.3. The molecule has 0 aliphatic rings. The summed E-state index contributed by atoms with van der Waals surface area (Å²) in [6.07, 6.45) is 0. The Morgan fingerprint density at radius 3 is 2.45 bits per heavy atom. The van der Waals surface area contributed by atoms with Crippen molar-refractivity contribution in [2.24, 2.45) is 5.73 Å². The Labute approximate surface area is 124 Å². The number of nitrogens with zero attached hydrogens (tertiary/aromatic N) is 1. The second-order valence-electron chi connectivity index (χ2n) is 4.86. The Kier molecular flexibility index (Phi) is 4.35. The number of halogens is 1. The molecule has 2 aromatic rings. The molecule has 0 bridgehead atoms. The van der Waals surface area contributed by atoms with E-state index in [-0.39, 0.29) is 10.8 Å². The van der Waals surface area contributed by atoms with Crippen LogP contribution in [0, 0.1) is 12.7 Å². The summed E-state index contributed by atoms with van der Waals surface area (Å²) in [6.45, 7) is 2.67. The van der Waals surface area contributed by atoms with Crippen LogP contribution in [-0.2, 0) is 6.54 Å². The van der Waals surface area contributed by atoms with E-state index < -0.39 is 0 Å². The number of anilines is 1. The van der Waals surface area contributed by atoms with Crippen LogP contribution in [0.25, 0.3) is 0 Å². The van der Waals surface area contributed by atoms with Gasteiger partial charge in [-0.05, 0) is 36.8 Å². The molecule has 20 heavy (non-hydrogen) atoms. The van der Waals surface area contributed by atoms with Crippen molar-refractivity contribution < 1.29 is 4.39 Å². The molecule has 0 atom stereocenters. The summed E-state index contributed by atoms with van der Waals surface area (Å²) in [5.74, 6) is -0.325. The fourth-order valence-corrected chi connectivity index (χ4v) is 2.25. The largest absolute Gasteiger partial charge is 0.389 e. The summed E-state index contributed by atoms with van der Waals surface area (Å²) in [6, 6.07) is 12.8. The molecule has 0 amide bonds. The zero-order valence-corrected chi connectivity index (χ0v) is 12.4. The maximum absolute atomic E-state index is 13.3. The molecule has 0 aliphatic heterocycles. The molecule has 2 nitrogen and oxygen atoms in total. The van der Waals surface area contributed by atoms with Gasteiger partial charge in [-0.2, -0.15) is 0 Å². The monoisotopic (exact) mass is 288 g/mol. The first-order valence-electron chi connectivity index (χ1n) is 6.33. The third-order valence-electron chi connectivity index (χ3n) is 3.22. The lowest BCUT2D eigenvalue weighted by Gasteiger charge is -2.21. The normalized spacial score (nSPS) is 10.3. The molecular weight excluding hydrogens is 271 g/mol. The van der Waals surface area contributed by atoms with Crippen LogP contribution in [0.3, 0.4) is 0 Å². The van der Waals surface area contributed by atoms with E-state index in [2.05, 4.69) is 36.1 Å². The maximum Gasteiger partial charge on any atom is 0.123 e. The van der Waals surface area contributed by atoms with Crippen LogP contribution in [0.15, 0.2) is 42.5 Å². The number of hydrogen-bond donors (Lipinski definition) is 1. The molecule has 0 heterocycles. The first-order valence-corrected chi connectivity index (χ1v) is 6.74. The van der Waals surface area contributed by atoms with E-state index in [0.717, 1.165) is 11.3 Å². The quantitative estimate of drug-likeness (QED) is 0.874. The Morgan fingerprint density at radius 1 is 1.20 bits per heavy atom. The molecule has 0 aliphatic carbocycles. The lowest BCUT2D eigenvalue weighted by Crippen LogP contribution is -2.20. The average Bonchev–Trinajstić information content (AvgIpc) is 2.41. The zero-order valence-electron chi connectivity index (χ0n) is 11.6. The van der Waals surface area contributed by atoms with Gasteiger partial charge in [-0.25, -0.2) is 4.39 Å². The van der Waals surface area contributed by atoms with E-state index in [1.165, 1.54) is 17.7 Å². The lowest BCUT2D eigenvalue weighted by molar-refractivity contribution is 0.626. The van der Waals surface area contributed by atoms with Crippen LogP contribution in [0.1, 0.15) is 16.7 Å². The summed E-state index contributed by atoms with van der Waals surface area (Å²) in [7, 11) is 1.98. The zero-order chi connectivity index (χ0) is 14.7. The predicted octanol–water partition coefficient (Wildman–Crippen LogP) is 3.40. The molecule has 0 aromatic heterocycles. The summed E-state index contributed by atoms with van der Waals surface area (Å²) >= 11 is 4.99. The van der Waals surface area contributed by atoms with Crippen LogP contribution < -0.4 is 10.6 Å². The van der Waals surface area contributed by atoms with Crippen molar-refractivity contribution in [1.29, 1.82) is 0 Å². The van der Waals surface area contributed by atoms with Crippen molar-refractivity contribution >= 4 is 22.9 Å². The number of benzene rings is 2. The number of aryl methyl sites for hydroxylation is 1. The molecule has 0 radical (unpaired) electrons. The van der Waals surface area contributed by atoms with E-state index >= 15 is 0 Å². The highest BCUT2D eigenvalue weighted by Crippen LogP contribution is 2.19. The van der Waals surface area contributed by atoms with Crippen molar-refractivity contribution in [2.75, 3.05) is 11.9 Å². The number of nitrogens with two attached hydrogens (primary N) is 1. The molecule has 0 saturated heterocycles. The highest BCUT2D eigenvalue weighted by atomic mass is 32.1. The third-order valence-corrected chi connectivity index (χ3v) is 3.44. The van der Waals surface area contributed by atoms with Gasteiger partial charge in [-0.15, -0.1) is 0 Å². The Balaban J connectivity index is 2.25. The van der Waals surface area contributed by atoms with Crippen molar-refractivity contribution in [3.8, 4) is 0 Å². The molecule has 0 spiro atoms. The van der Waals surface area contributed by atoms with Crippen molar-refractivity contribution in [2.45, 2.75) is 13.5 Å². The van der Waals surface area contributed by atoms with Crippen LogP contribution >= 0.6 is 12.2 Å². The van der Waals surface area contributed by atoms with Gasteiger partial charge < -0.3 is 10.6 Å². The molecule has 0 saturated carbocycles. The molecule has 0 unspecified atom stereocenters. The smallest absolute Gasteiger partial charge is 0.123 e. The second kappa shape index (κ2) is 6.01. The highest BCUT2D eigenvalue weighted by Gasteiger charge is 2.09. The number of thiocarbonyl (C=S) groups is 1. The van der Waals surface area contributed by atoms with E-state index in [1.807, 2.05) is 7.05 Å². The van der Waals surface area contributed by atoms with Gasteiger partial charge in [0.15, 0.2) is 0 Å². The summed E-state index contributed by atoms with van der Waals surface area (Å²) in [5, 5.41) is 0. The predicted molar refractivity (Wildman–Crippen MR) is 85.6 cm³/mol. The fourth-order valence-electron chi connectivity index (χ4n) is 2.06. The standard InChI is InChI=1S/C16H17FN2S/c1-11-3-7-14(8-4-11)19(2)10-12-5-6-13(17)9-15(12)16(18)20/h3-9H,10H2,1-2H3,(H2,18,20). The van der Waals surface area contributed by atoms with Crippen LogP contribution in [0.4, 0.5) is 10.1 Å². The van der Waals surface area contributed by atoms with Crippen LogP contribution in [-0.4, -0.2) is 12.0 Å². The van der Waals surface area contributed by atoms with Gasteiger partial charge in [0, 0.05) is 24.8 Å². The SMILES string of the molecule is Cc1ccc(N(C)Cc2ccc(F)cc2C(N)=S)cc1. The van der Waals surface area contributed by atoms with Gasteiger partial charge in [0.25, 0.3) is 0 Å². The number of rotatable bonds is 4. The van der Waals surface area contributed by atoms with Crippen LogP contribution in [0.2, 0.25) is 0 Å². The van der Waals surface area contributed by atoms with Crippen molar-refractivity contribution in [1.82, 2.24) is 0 Å². The molecule has 2 N–H and O–H groups in total. The fraction of sp³-hybridized carbons (Fsp3) is 0.188. The van der Waals surface area contributed by atoms with Gasteiger partial charge in [0.2, 0.25) is 0 Å². The van der Waals surface area contributed by atoms with Crippen molar-refractivity contribution in [3.63, 3.8) is 0 Å². The van der Waals surface area contributed by atoms with E-state index in [4.69, 9.17) is 18.0 Å². The average molecular weight is 288 g/mol. The number of hydrogen-bond acceptors (Lipinski definition) is 2.